The number of fused-ring (bicyclic) bond motifs is 1. The summed E-state index contributed by atoms with van der Waals surface area (Å²) in [6.07, 6.45) is 1.00. The molecule has 0 saturated carbocycles. The van der Waals surface area contributed by atoms with Gasteiger partial charge in [0, 0.05) is 13.1 Å². The van der Waals surface area contributed by atoms with Crippen LogP contribution in [0.2, 0.25) is 0 Å². The van der Waals surface area contributed by atoms with Crippen molar-refractivity contribution in [1.82, 2.24) is 20.0 Å². The summed E-state index contributed by atoms with van der Waals surface area (Å²) in [4.78, 5) is 16.4. The summed E-state index contributed by atoms with van der Waals surface area (Å²) in [5, 5.41) is 3.11. The Kier molecular flexibility index (Phi) is 4.58. The number of hydrogen-bond acceptors (Lipinski definition) is 4. The molecule has 7 nitrogen and oxygen atoms in total. The van der Waals surface area contributed by atoms with Gasteiger partial charge in [-0.05, 0) is 31.2 Å². The lowest BCUT2D eigenvalue weighted by atomic mass is 10.3. The molecule has 8 heteroatoms. The van der Waals surface area contributed by atoms with Gasteiger partial charge in [0.15, 0.2) is 0 Å². The second-order valence-electron chi connectivity index (χ2n) is 4.43. The van der Waals surface area contributed by atoms with Crippen LogP contribution in [0.4, 0.5) is 0 Å². The zero-order valence-electron chi connectivity index (χ0n) is 11.2. The number of aromatic amines is 2. The first-order valence-corrected chi connectivity index (χ1v) is 7.93. The van der Waals surface area contributed by atoms with Gasteiger partial charge in [0.05, 0.1) is 15.9 Å². The van der Waals surface area contributed by atoms with Crippen molar-refractivity contribution >= 4 is 21.1 Å². The maximum absolute atomic E-state index is 12.1. The number of nitrogens with one attached hydrogen (secondary N) is 4. The molecule has 0 aliphatic carbocycles. The monoisotopic (exact) mass is 298 g/mol. The second-order valence-corrected chi connectivity index (χ2v) is 6.20. The number of imidazole rings is 1. The minimum atomic E-state index is -3.56. The van der Waals surface area contributed by atoms with Crippen LogP contribution in [0.25, 0.3) is 11.0 Å². The van der Waals surface area contributed by atoms with E-state index in [-0.39, 0.29) is 10.6 Å². The van der Waals surface area contributed by atoms with Crippen LogP contribution in [0.5, 0.6) is 0 Å². The fourth-order valence-corrected chi connectivity index (χ4v) is 2.90. The van der Waals surface area contributed by atoms with E-state index in [4.69, 9.17) is 0 Å². The number of aromatic nitrogens is 2. The zero-order valence-corrected chi connectivity index (χ0v) is 12.0. The average Bonchev–Trinajstić information content (AvgIpc) is 2.77. The van der Waals surface area contributed by atoms with E-state index in [9.17, 15) is 13.2 Å². The first-order valence-electron chi connectivity index (χ1n) is 6.45. The predicted molar refractivity (Wildman–Crippen MR) is 77.3 cm³/mol. The van der Waals surface area contributed by atoms with E-state index in [1.54, 1.807) is 6.07 Å². The highest BCUT2D eigenvalue weighted by Crippen LogP contribution is 2.14. The molecule has 0 unspecified atom stereocenters. The molecule has 0 aliphatic heterocycles. The van der Waals surface area contributed by atoms with Gasteiger partial charge in [-0.15, -0.1) is 0 Å². The summed E-state index contributed by atoms with van der Waals surface area (Å²) >= 11 is 0. The van der Waals surface area contributed by atoms with Crippen LogP contribution in [0.3, 0.4) is 0 Å². The van der Waals surface area contributed by atoms with Crippen molar-refractivity contribution in [3.63, 3.8) is 0 Å². The van der Waals surface area contributed by atoms with Gasteiger partial charge in [-0.3, -0.25) is 0 Å². The molecule has 0 saturated heterocycles. The Bertz CT molecular complexity index is 732. The van der Waals surface area contributed by atoms with Gasteiger partial charge in [0.2, 0.25) is 10.0 Å². The third-order valence-corrected chi connectivity index (χ3v) is 4.28. The van der Waals surface area contributed by atoms with Crippen molar-refractivity contribution in [1.29, 1.82) is 0 Å². The van der Waals surface area contributed by atoms with Crippen molar-refractivity contribution in [3.8, 4) is 0 Å². The minimum absolute atomic E-state index is 0.135. The Morgan fingerprint density at radius 3 is 2.60 bits per heavy atom. The lowest BCUT2D eigenvalue weighted by Gasteiger charge is -2.07. The molecule has 2 aromatic rings. The number of sulfonamides is 1. The SMILES string of the molecule is CCCNCCNS(=O)(=O)c1ccc2[nH]c(=O)[nH]c2c1. The van der Waals surface area contributed by atoms with E-state index in [0.717, 1.165) is 13.0 Å². The Balaban J connectivity index is 2.08. The molecule has 0 spiro atoms. The first kappa shape index (κ1) is 14.8. The van der Waals surface area contributed by atoms with Crippen molar-refractivity contribution in [3.05, 3.63) is 28.7 Å². The molecule has 2 rings (SSSR count). The third-order valence-electron chi connectivity index (χ3n) is 2.82. The quantitative estimate of drug-likeness (QED) is 0.545. The second kappa shape index (κ2) is 6.21. The molecule has 0 atom stereocenters. The van der Waals surface area contributed by atoms with Gasteiger partial charge < -0.3 is 15.3 Å². The highest BCUT2D eigenvalue weighted by atomic mass is 32.2. The van der Waals surface area contributed by atoms with Gasteiger partial charge in [-0.25, -0.2) is 17.9 Å². The van der Waals surface area contributed by atoms with Crippen LogP contribution >= 0.6 is 0 Å². The molecule has 0 bridgehead atoms. The largest absolute Gasteiger partial charge is 0.323 e. The minimum Gasteiger partial charge on any atom is -0.315 e. The summed E-state index contributed by atoms with van der Waals surface area (Å²) in [5.74, 6) is 0. The van der Waals surface area contributed by atoms with Crippen LogP contribution in [0.1, 0.15) is 13.3 Å². The normalized spacial score (nSPS) is 12.1. The maximum atomic E-state index is 12.1. The summed E-state index contributed by atoms with van der Waals surface area (Å²) in [5.41, 5.74) is 0.701. The summed E-state index contributed by atoms with van der Waals surface area (Å²) in [6.45, 7) is 3.81. The highest BCUT2D eigenvalue weighted by Gasteiger charge is 2.14. The van der Waals surface area contributed by atoms with E-state index >= 15 is 0 Å². The van der Waals surface area contributed by atoms with E-state index < -0.39 is 10.0 Å². The van der Waals surface area contributed by atoms with Gasteiger partial charge >= 0.3 is 5.69 Å². The number of rotatable bonds is 7. The highest BCUT2D eigenvalue weighted by molar-refractivity contribution is 7.89. The first-order chi connectivity index (χ1) is 9.53. The lowest BCUT2D eigenvalue weighted by molar-refractivity contribution is 0.575. The van der Waals surface area contributed by atoms with Gasteiger partial charge in [-0.1, -0.05) is 6.92 Å². The summed E-state index contributed by atoms with van der Waals surface area (Å²) in [6, 6.07) is 4.47. The van der Waals surface area contributed by atoms with Crippen molar-refractivity contribution in [2.45, 2.75) is 18.2 Å². The van der Waals surface area contributed by atoms with Gasteiger partial charge in [-0.2, -0.15) is 0 Å². The molecule has 1 aromatic carbocycles. The van der Waals surface area contributed by atoms with E-state index in [1.807, 2.05) is 6.92 Å². The summed E-state index contributed by atoms with van der Waals surface area (Å²) < 4.78 is 26.7. The molecule has 1 aromatic heterocycles. The van der Waals surface area contributed by atoms with Crippen molar-refractivity contribution < 1.29 is 8.42 Å². The van der Waals surface area contributed by atoms with Crippen LogP contribution in [-0.4, -0.2) is 38.0 Å². The molecular weight excluding hydrogens is 280 g/mol. The number of H-pyrrole nitrogens is 2. The maximum Gasteiger partial charge on any atom is 0.323 e. The smallest absolute Gasteiger partial charge is 0.315 e. The van der Waals surface area contributed by atoms with Crippen LogP contribution in [0, 0.1) is 0 Å². The van der Waals surface area contributed by atoms with Crippen LogP contribution < -0.4 is 15.7 Å². The molecule has 0 fully saturated rings. The molecule has 110 valence electrons. The molecule has 4 N–H and O–H groups in total. The molecule has 20 heavy (non-hydrogen) atoms. The topological polar surface area (TPSA) is 107 Å². The average molecular weight is 298 g/mol. The van der Waals surface area contributed by atoms with Crippen molar-refractivity contribution in [2.24, 2.45) is 0 Å². The Morgan fingerprint density at radius 1 is 1.10 bits per heavy atom. The predicted octanol–water partition coefficient (Wildman–Crippen LogP) is 0.134. The lowest BCUT2D eigenvalue weighted by Crippen LogP contribution is -2.32. The van der Waals surface area contributed by atoms with Crippen LogP contribution in [-0.2, 0) is 10.0 Å². The molecule has 1 heterocycles. The van der Waals surface area contributed by atoms with Gasteiger partial charge in [0.25, 0.3) is 0 Å². The third kappa shape index (κ3) is 3.47. The van der Waals surface area contributed by atoms with Gasteiger partial charge in [0.1, 0.15) is 0 Å². The molecule has 0 aliphatic rings. The molecular formula is C12H18N4O3S. The molecule has 0 amide bonds. The Hall–Kier alpha value is -1.64. The number of hydrogen-bond donors (Lipinski definition) is 4. The standard InChI is InChI=1S/C12H18N4O3S/c1-2-5-13-6-7-14-20(18,19)9-3-4-10-11(8-9)16-12(17)15-10/h3-4,8,13-14H,2,5-7H2,1H3,(H2,15,16,17). The van der Waals surface area contributed by atoms with E-state index in [2.05, 4.69) is 20.0 Å². The fourth-order valence-electron chi connectivity index (χ4n) is 1.84. The van der Waals surface area contributed by atoms with E-state index in [0.29, 0.717) is 24.1 Å². The van der Waals surface area contributed by atoms with Crippen LogP contribution in [0.15, 0.2) is 27.9 Å². The summed E-state index contributed by atoms with van der Waals surface area (Å²) in [7, 11) is -3.56. The van der Waals surface area contributed by atoms with Crippen molar-refractivity contribution in [2.75, 3.05) is 19.6 Å². The van der Waals surface area contributed by atoms with E-state index in [1.165, 1.54) is 12.1 Å². The number of benzene rings is 1. The zero-order chi connectivity index (χ0) is 14.6. The fraction of sp³-hybridized carbons (Fsp3) is 0.417. The molecule has 0 radical (unpaired) electrons. The Labute approximate surface area is 116 Å². The Morgan fingerprint density at radius 2 is 1.85 bits per heavy atom.